The molecule has 16 heavy (non-hydrogen) atoms. The van der Waals surface area contributed by atoms with Gasteiger partial charge in [-0.1, -0.05) is 6.92 Å². The Morgan fingerprint density at radius 2 is 1.94 bits per heavy atom. The molecule has 0 aromatic carbocycles. The third kappa shape index (κ3) is 3.48. The molecule has 0 aromatic heterocycles. The number of amides is 1. The van der Waals surface area contributed by atoms with Crippen LogP contribution in [0.5, 0.6) is 0 Å². The van der Waals surface area contributed by atoms with Gasteiger partial charge < -0.3 is 16.2 Å². The maximum absolute atomic E-state index is 11.0. The van der Waals surface area contributed by atoms with Crippen molar-refractivity contribution in [2.75, 3.05) is 0 Å². The summed E-state index contributed by atoms with van der Waals surface area (Å²) in [7, 11) is 0. The number of carbonyl (C=O) groups is 2. The van der Waals surface area contributed by atoms with Crippen LogP contribution < -0.4 is 11.1 Å². The van der Waals surface area contributed by atoms with E-state index >= 15 is 0 Å². The summed E-state index contributed by atoms with van der Waals surface area (Å²) in [6.45, 7) is 1.85. The minimum atomic E-state index is -0.806. The Balaban J connectivity index is 2.36. The number of hydrogen-bond acceptors (Lipinski definition) is 3. The Bertz CT molecular complexity index is 260. The van der Waals surface area contributed by atoms with E-state index in [4.69, 9.17) is 10.8 Å². The van der Waals surface area contributed by atoms with E-state index in [1.165, 1.54) is 0 Å². The van der Waals surface area contributed by atoms with Crippen LogP contribution in [0.3, 0.4) is 0 Å². The normalized spacial score (nSPS) is 27.3. The van der Waals surface area contributed by atoms with E-state index in [1.54, 1.807) is 0 Å². The lowest BCUT2D eigenvalue weighted by Gasteiger charge is -2.29. The molecule has 0 radical (unpaired) electrons. The Morgan fingerprint density at radius 1 is 1.38 bits per heavy atom. The van der Waals surface area contributed by atoms with Gasteiger partial charge in [-0.05, 0) is 32.1 Å². The van der Waals surface area contributed by atoms with Crippen molar-refractivity contribution < 1.29 is 14.7 Å². The van der Waals surface area contributed by atoms with Crippen molar-refractivity contribution in [2.24, 2.45) is 11.7 Å². The second-order valence-electron chi connectivity index (χ2n) is 4.42. The predicted octanol–water partition coefficient (Wildman–Crippen LogP) is 0.483. The zero-order chi connectivity index (χ0) is 12.1. The summed E-state index contributed by atoms with van der Waals surface area (Å²) in [4.78, 5) is 21.8. The van der Waals surface area contributed by atoms with Crippen LogP contribution >= 0.6 is 0 Å². The average molecular weight is 228 g/mol. The summed E-state index contributed by atoms with van der Waals surface area (Å²) in [6.07, 6.45) is 3.77. The second kappa shape index (κ2) is 5.84. The quantitative estimate of drug-likeness (QED) is 0.638. The highest BCUT2D eigenvalue weighted by atomic mass is 16.4. The van der Waals surface area contributed by atoms with Crippen molar-refractivity contribution in [3.05, 3.63) is 0 Å². The molecule has 1 atom stereocenters. The molecule has 0 bridgehead atoms. The first-order valence-corrected chi connectivity index (χ1v) is 5.82. The van der Waals surface area contributed by atoms with E-state index in [2.05, 4.69) is 5.32 Å². The lowest BCUT2D eigenvalue weighted by atomic mass is 9.85. The van der Waals surface area contributed by atoms with E-state index in [-0.39, 0.29) is 17.9 Å². The molecule has 4 N–H and O–H groups in total. The number of nitrogens with two attached hydrogens (primary N) is 1. The molecule has 1 aliphatic carbocycles. The molecule has 1 rings (SSSR count). The summed E-state index contributed by atoms with van der Waals surface area (Å²) in [5.74, 6) is -1.06. The largest absolute Gasteiger partial charge is 0.480 e. The maximum Gasteiger partial charge on any atom is 0.320 e. The second-order valence-corrected chi connectivity index (χ2v) is 4.42. The van der Waals surface area contributed by atoms with Crippen molar-refractivity contribution in [1.29, 1.82) is 0 Å². The van der Waals surface area contributed by atoms with Crippen LogP contribution in [0, 0.1) is 5.92 Å². The highest BCUT2D eigenvalue weighted by molar-refractivity contribution is 5.76. The molecule has 1 saturated carbocycles. The maximum atomic E-state index is 11.0. The van der Waals surface area contributed by atoms with Gasteiger partial charge in [-0.25, -0.2) is 0 Å². The molecule has 1 aliphatic rings. The summed E-state index contributed by atoms with van der Waals surface area (Å²) >= 11 is 0. The molecule has 0 spiro atoms. The van der Waals surface area contributed by atoms with Gasteiger partial charge in [0.2, 0.25) is 5.91 Å². The van der Waals surface area contributed by atoms with Gasteiger partial charge in [0.15, 0.2) is 0 Å². The Morgan fingerprint density at radius 3 is 2.31 bits per heavy atom. The van der Waals surface area contributed by atoms with Crippen molar-refractivity contribution in [1.82, 2.24) is 5.32 Å². The van der Waals surface area contributed by atoms with Crippen molar-refractivity contribution in [3.8, 4) is 0 Å². The number of nitrogens with one attached hydrogen (secondary N) is 1. The Hall–Kier alpha value is -1.10. The third-order valence-corrected chi connectivity index (χ3v) is 3.27. The number of rotatable bonds is 5. The molecule has 1 fully saturated rings. The smallest absolute Gasteiger partial charge is 0.320 e. The molecule has 5 heteroatoms. The zero-order valence-electron chi connectivity index (χ0n) is 9.61. The Labute approximate surface area is 95.4 Å². The molecule has 0 aliphatic heterocycles. The van der Waals surface area contributed by atoms with Gasteiger partial charge in [0.05, 0.1) is 0 Å². The standard InChI is InChI=1S/C11H20N2O3/c1-2-9(11(15)16)13-8-5-3-7(4-6-8)10(12)14/h7-9,13H,2-6H2,1H3,(H2,12,14)(H,15,16). The predicted molar refractivity (Wildman–Crippen MR) is 59.8 cm³/mol. The average Bonchev–Trinajstić information content (AvgIpc) is 2.26. The minimum absolute atomic E-state index is 0.0250. The van der Waals surface area contributed by atoms with Crippen LogP contribution in [0.15, 0.2) is 0 Å². The first kappa shape index (κ1) is 13.0. The zero-order valence-corrected chi connectivity index (χ0v) is 9.61. The monoisotopic (exact) mass is 228 g/mol. The van der Waals surface area contributed by atoms with Crippen molar-refractivity contribution in [3.63, 3.8) is 0 Å². The molecule has 5 nitrogen and oxygen atoms in total. The van der Waals surface area contributed by atoms with Gasteiger partial charge in [0, 0.05) is 12.0 Å². The van der Waals surface area contributed by atoms with Crippen molar-refractivity contribution >= 4 is 11.9 Å². The highest BCUT2D eigenvalue weighted by Gasteiger charge is 2.27. The third-order valence-electron chi connectivity index (χ3n) is 3.27. The number of carboxylic acid groups (broad SMARTS) is 1. The van der Waals surface area contributed by atoms with Crippen LogP contribution in [-0.4, -0.2) is 29.1 Å². The fraction of sp³-hybridized carbons (Fsp3) is 0.818. The van der Waals surface area contributed by atoms with Gasteiger partial charge in [-0.2, -0.15) is 0 Å². The number of carboxylic acids is 1. The molecular formula is C11H20N2O3. The Kier molecular flexibility index (Phi) is 4.73. The number of primary amides is 1. The summed E-state index contributed by atoms with van der Waals surface area (Å²) < 4.78 is 0. The van der Waals surface area contributed by atoms with Crippen molar-refractivity contribution in [2.45, 2.75) is 51.1 Å². The molecular weight excluding hydrogens is 208 g/mol. The lowest BCUT2D eigenvalue weighted by Crippen LogP contribution is -2.45. The van der Waals surface area contributed by atoms with E-state index in [0.29, 0.717) is 6.42 Å². The molecule has 92 valence electrons. The van der Waals surface area contributed by atoms with Gasteiger partial charge in [-0.3, -0.25) is 9.59 Å². The first-order chi connectivity index (χ1) is 7.54. The summed E-state index contributed by atoms with van der Waals surface area (Å²) in [5.41, 5.74) is 5.23. The minimum Gasteiger partial charge on any atom is -0.480 e. The summed E-state index contributed by atoms with van der Waals surface area (Å²) in [5, 5.41) is 12.0. The lowest BCUT2D eigenvalue weighted by molar-refractivity contribution is -0.140. The first-order valence-electron chi connectivity index (χ1n) is 5.82. The van der Waals surface area contributed by atoms with Gasteiger partial charge in [-0.15, -0.1) is 0 Å². The molecule has 0 heterocycles. The number of carbonyl (C=O) groups excluding carboxylic acids is 1. The van der Waals surface area contributed by atoms with Gasteiger partial charge >= 0.3 is 5.97 Å². The van der Waals surface area contributed by atoms with Gasteiger partial charge in [0.1, 0.15) is 6.04 Å². The van der Waals surface area contributed by atoms with Crippen LogP contribution in [0.2, 0.25) is 0 Å². The molecule has 1 unspecified atom stereocenters. The topological polar surface area (TPSA) is 92.4 Å². The fourth-order valence-electron chi connectivity index (χ4n) is 2.19. The van der Waals surface area contributed by atoms with E-state index in [0.717, 1.165) is 25.7 Å². The number of aliphatic carboxylic acids is 1. The van der Waals surface area contributed by atoms with E-state index < -0.39 is 12.0 Å². The fourth-order valence-corrected chi connectivity index (χ4v) is 2.19. The highest BCUT2D eigenvalue weighted by Crippen LogP contribution is 2.24. The van der Waals surface area contributed by atoms with Crippen LogP contribution in [0.25, 0.3) is 0 Å². The van der Waals surface area contributed by atoms with Gasteiger partial charge in [0.25, 0.3) is 0 Å². The van der Waals surface area contributed by atoms with E-state index in [9.17, 15) is 9.59 Å². The molecule has 1 amide bonds. The molecule has 0 saturated heterocycles. The van der Waals surface area contributed by atoms with Crippen LogP contribution in [0.4, 0.5) is 0 Å². The van der Waals surface area contributed by atoms with Crippen LogP contribution in [0.1, 0.15) is 39.0 Å². The number of hydrogen-bond donors (Lipinski definition) is 3. The SMILES string of the molecule is CCC(NC1CCC(C(N)=O)CC1)C(=O)O. The summed E-state index contributed by atoms with van der Waals surface area (Å²) in [6, 6.07) is -0.272. The molecule has 0 aromatic rings. The van der Waals surface area contributed by atoms with Crippen LogP contribution in [-0.2, 0) is 9.59 Å². The van der Waals surface area contributed by atoms with E-state index in [1.807, 2.05) is 6.92 Å².